The Labute approximate surface area is 165 Å². The molecule has 0 radical (unpaired) electrons. The van der Waals surface area contributed by atoms with Crippen LogP contribution in [0.25, 0.3) is 11.0 Å². The minimum atomic E-state index is -0.0705. The van der Waals surface area contributed by atoms with Crippen molar-refractivity contribution >= 4 is 16.9 Å². The van der Waals surface area contributed by atoms with Gasteiger partial charge in [-0.25, -0.2) is 4.79 Å². The second-order valence-electron chi connectivity index (χ2n) is 7.82. The van der Waals surface area contributed by atoms with Gasteiger partial charge in [-0.15, -0.1) is 0 Å². The first-order valence-corrected chi connectivity index (χ1v) is 10.0. The summed E-state index contributed by atoms with van der Waals surface area (Å²) in [5, 5.41) is 0. The SMILES string of the molecule is CC(C1CC1)N(Cc1ccccc1)C(=O)CCn1c(=O)n(C)c2ccccc21. The summed E-state index contributed by atoms with van der Waals surface area (Å²) in [6.07, 6.45) is 2.73. The molecular formula is C23H27N3O2. The van der Waals surface area contributed by atoms with Gasteiger partial charge in [-0.2, -0.15) is 0 Å². The van der Waals surface area contributed by atoms with E-state index in [1.165, 1.54) is 12.8 Å². The van der Waals surface area contributed by atoms with Gasteiger partial charge >= 0.3 is 5.69 Å². The van der Waals surface area contributed by atoms with E-state index in [2.05, 4.69) is 19.1 Å². The van der Waals surface area contributed by atoms with E-state index in [1.807, 2.05) is 47.4 Å². The van der Waals surface area contributed by atoms with Crippen molar-refractivity contribution < 1.29 is 4.79 Å². The number of rotatable bonds is 7. The van der Waals surface area contributed by atoms with Gasteiger partial charge in [-0.05, 0) is 43.4 Å². The first-order valence-electron chi connectivity index (χ1n) is 10.0. The van der Waals surface area contributed by atoms with E-state index in [4.69, 9.17) is 0 Å². The maximum Gasteiger partial charge on any atom is 0.328 e. The number of fused-ring (bicyclic) bond motifs is 1. The molecule has 1 aromatic heterocycles. The number of carbonyl (C=O) groups excluding carboxylic acids is 1. The fourth-order valence-electron chi connectivity index (χ4n) is 4.00. The molecule has 3 aromatic rings. The summed E-state index contributed by atoms with van der Waals surface area (Å²) in [6, 6.07) is 18.1. The zero-order chi connectivity index (χ0) is 19.7. The number of hydrogen-bond donors (Lipinski definition) is 0. The van der Waals surface area contributed by atoms with Crippen LogP contribution >= 0.6 is 0 Å². The Hall–Kier alpha value is -2.82. The summed E-state index contributed by atoms with van der Waals surface area (Å²) in [4.78, 5) is 27.8. The van der Waals surface area contributed by atoms with Gasteiger partial charge in [-0.1, -0.05) is 42.5 Å². The Morgan fingerprint density at radius 1 is 1.07 bits per heavy atom. The standard InChI is InChI=1S/C23H27N3O2/c1-17(19-12-13-19)26(16-18-8-4-3-5-9-18)22(27)14-15-25-21-11-7-6-10-20(21)24(2)23(25)28/h3-11,17,19H,12-16H2,1-2H3. The lowest BCUT2D eigenvalue weighted by atomic mass is 10.1. The molecule has 4 rings (SSSR count). The number of carbonyl (C=O) groups is 1. The predicted octanol–water partition coefficient (Wildman–Crippen LogP) is 3.56. The highest BCUT2D eigenvalue weighted by Crippen LogP contribution is 2.36. The Balaban J connectivity index is 1.53. The van der Waals surface area contributed by atoms with Crippen LogP contribution in [0.15, 0.2) is 59.4 Å². The molecule has 1 fully saturated rings. The van der Waals surface area contributed by atoms with Crippen LogP contribution in [-0.4, -0.2) is 26.0 Å². The van der Waals surface area contributed by atoms with Crippen LogP contribution in [0.5, 0.6) is 0 Å². The van der Waals surface area contributed by atoms with Crippen LogP contribution in [-0.2, 0) is 24.9 Å². The van der Waals surface area contributed by atoms with Gasteiger partial charge in [0.2, 0.25) is 5.91 Å². The number of imidazole rings is 1. The zero-order valence-corrected chi connectivity index (χ0v) is 16.5. The number of amides is 1. The van der Waals surface area contributed by atoms with Gasteiger partial charge in [0.05, 0.1) is 11.0 Å². The van der Waals surface area contributed by atoms with Gasteiger partial charge in [-0.3, -0.25) is 13.9 Å². The average Bonchev–Trinajstić information content (AvgIpc) is 3.54. The smallest absolute Gasteiger partial charge is 0.328 e. The number of nitrogens with zero attached hydrogens (tertiary/aromatic N) is 3. The predicted molar refractivity (Wildman–Crippen MR) is 111 cm³/mol. The Kier molecular flexibility index (Phi) is 5.07. The van der Waals surface area contributed by atoms with Crippen LogP contribution in [0.3, 0.4) is 0 Å². The van der Waals surface area contributed by atoms with Crippen LogP contribution in [0.4, 0.5) is 0 Å². The molecule has 1 aliphatic carbocycles. The molecule has 1 atom stereocenters. The highest BCUT2D eigenvalue weighted by atomic mass is 16.2. The lowest BCUT2D eigenvalue weighted by molar-refractivity contribution is -0.134. The lowest BCUT2D eigenvalue weighted by Gasteiger charge is -2.30. The molecule has 5 heteroatoms. The van der Waals surface area contributed by atoms with Crippen molar-refractivity contribution in [3.8, 4) is 0 Å². The van der Waals surface area contributed by atoms with Crippen LogP contribution < -0.4 is 5.69 Å². The Morgan fingerprint density at radius 2 is 1.71 bits per heavy atom. The van der Waals surface area contributed by atoms with Gasteiger partial charge in [0.25, 0.3) is 0 Å². The number of aromatic nitrogens is 2. The van der Waals surface area contributed by atoms with Crippen molar-refractivity contribution in [1.29, 1.82) is 0 Å². The molecule has 1 unspecified atom stereocenters. The Morgan fingerprint density at radius 3 is 2.39 bits per heavy atom. The summed E-state index contributed by atoms with van der Waals surface area (Å²) in [6.45, 7) is 3.19. The van der Waals surface area contributed by atoms with E-state index in [1.54, 1.807) is 16.2 Å². The average molecular weight is 377 g/mol. The molecule has 0 saturated heterocycles. The third-order valence-electron chi connectivity index (χ3n) is 5.91. The van der Waals surface area contributed by atoms with Crippen molar-refractivity contribution in [1.82, 2.24) is 14.0 Å². The van der Waals surface area contributed by atoms with Gasteiger partial charge in [0.15, 0.2) is 0 Å². The molecule has 1 amide bonds. The van der Waals surface area contributed by atoms with Crippen LogP contribution in [0, 0.1) is 5.92 Å². The Bertz CT molecular complexity index is 1030. The summed E-state index contributed by atoms with van der Waals surface area (Å²) in [5.74, 6) is 0.719. The molecular weight excluding hydrogens is 350 g/mol. The third kappa shape index (κ3) is 3.61. The molecule has 0 spiro atoms. The molecule has 28 heavy (non-hydrogen) atoms. The third-order valence-corrected chi connectivity index (χ3v) is 5.91. The van der Waals surface area contributed by atoms with Crippen molar-refractivity contribution in [2.75, 3.05) is 0 Å². The van der Waals surface area contributed by atoms with Crippen molar-refractivity contribution in [2.24, 2.45) is 13.0 Å². The molecule has 1 saturated carbocycles. The molecule has 1 aliphatic rings. The van der Waals surface area contributed by atoms with Crippen molar-refractivity contribution in [3.63, 3.8) is 0 Å². The van der Waals surface area contributed by atoms with E-state index in [9.17, 15) is 9.59 Å². The van der Waals surface area contributed by atoms with E-state index >= 15 is 0 Å². The topological polar surface area (TPSA) is 47.2 Å². The minimum absolute atomic E-state index is 0.0705. The van der Waals surface area contributed by atoms with E-state index in [0.717, 1.165) is 16.6 Å². The summed E-state index contributed by atoms with van der Waals surface area (Å²) in [5.41, 5.74) is 2.85. The largest absolute Gasteiger partial charge is 0.335 e. The first kappa shape index (κ1) is 18.5. The van der Waals surface area contributed by atoms with Gasteiger partial charge in [0.1, 0.15) is 0 Å². The molecule has 0 aliphatic heterocycles. The molecule has 5 nitrogen and oxygen atoms in total. The maximum atomic E-state index is 13.2. The second kappa shape index (κ2) is 7.66. The highest BCUT2D eigenvalue weighted by molar-refractivity contribution is 5.78. The fourth-order valence-corrected chi connectivity index (χ4v) is 4.00. The molecule has 1 heterocycles. The normalized spacial score (nSPS) is 14.9. The lowest BCUT2D eigenvalue weighted by Crippen LogP contribution is -2.40. The van der Waals surface area contributed by atoms with E-state index in [0.29, 0.717) is 25.4 Å². The second-order valence-corrected chi connectivity index (χ2v) is 7.82. The quantitative estimate of drug-likeness (QED) is 0.632. The van der Waals surface area contributed by atoms with E-state index < -0.39 is 0 Å². The van der Waals surface area contributed by atoms with Crippen LogP contribution in [0.2, 0.25) is 0 Å². The number of para-hydroxylation sites is 2. The van der Waals surface area contributed by atoms with Gasteiger partial charge in [0, 0.05) is 32.6 Å². The highest BCUT2D eigenvalue weighted by Gasteiger charge is 2.34. The maximum absolute atomic E-state index is 13.2. The minimum Gasteiger partial charge on any atom is -0.335 e. The number of hydrogen-bond acceptors (Lipinski definition) is 2. The van der Waals surface area contributed by atoms with Gasteiger partial charge < -0.3 is 4.90 Å². The summed E-state index contributed by atoms with van der Waals surface area (Å²) < 4.78 is 3.37. The summed E-state index contributed by atoms with van der Waals surface area (Å²) >= 11 is 0. The summed E-state index contributed by atoms with van der Waals surface area (Å²) in [7, 11) is 1.78. The molecule has 2 aromatic carbocycles. The van der Waals surface area contributed by atoms with Crippen molar-refractivity contribution in [3.05, 3.63) is 70.6 Å². The number of aryl methyl sites for hydroxylation is 2. The fraction of sp³-hybridized carbons (Fsp3) is 0.391. The van der Waals surface area contributed by atoms with E-state index in [-0.39, 0.29) is 17.6 Å². The zero-order valence-electron chi connectivity index (χ0n) is 16.5. The van der Waals surface area contributed by atoms with Crippen LogP contribution in [0.1, 0.15) is 31.7 Å². The molecule has 0 N–H and O–H groups in total. The first-order chi connectivity index (χ1) is 13.6. The number of benzene rings is 2. The molecule has 146 valence electrons. The molecule has 0 bridgehead atoms. The van der Waals surface area contributed by atoms with Crippen molar-refractivity contribution in [2.45, 2.75) is 45.3 Å². The monoisotopic (exact) mass is 377 g/mol.